The summed E-state index contributed by atoms with van der Waals surface area (Å²) in [5, 5.41) is 9.61. The van der Waals surface area contributed by atoms with Crippen molar-refractivity contribution in [1.82, 2.24) is 9.55 Å². The van der Waals surface area contributed by atoms with Crippen molar-refractivity contribution < 1.29 is 9.90 Å². The molecule has 3 aromatic rings. The maximum atomic E-state index is 12.8. The highest BCUT2D eigenvalue weighted by molar-refractivity contribution is 14.1. The number of aryl methyl sites for hydroxylation is 1. The Morgan fingerprint density at radius 3 is 2.73 bits per heavy atom. The molecule has 0 saturated heterocycles. The van der Waals surface area contributed by atoms with Gasteiger partial charge in [-0.1, -0.05) is 6.07 Å². The van der Waals surface area contributed by atoms with Gasteiger partial charge in [-0.15, -0.1) is 0 Å². The number of carbonyl (C=O) groups is 1. The third-order valence-corrected chi connectivity index (χ3v) is 4.02. The fourth-order valence-corrected chi connectivity index (χ4v) is 2.84. The van der Waals surface area contributed by atoms with Crippen LogP contribution in [-0.2, 0) is 0 Å². The number of hydrogen-bond donors (Lipinski definition) is 1. The molecule has 5 nitrogen and oxygen atoms in total. The van der Waals surface area contributed by atoms with Crippen LogP contribution in [0.4, 0.5) is 0 Å². The number of nitrogens with zero attached hydrogens (tertiary/aromatic N) is 2. The average molecular weight is 406 g/mol. The SMILES string of the molecule is Cc1nc2ccc(I)cc2c(=O)n1-c1cccc(C(=O)O)c1. The number of aromatic nitrogens is 2. The maximum absolute atomic E-state index is 12.8. The molecular formula is C16H11IN2O3. The first-order valence-electron chi connectivity index (χ1n) is 6.50. The highest BCUT2D eigenvalue weighted by Gasteiger charge is 2.12. The summed E-state index contributed by atoms with van der Waals surface area (Å²) in [5.74, 6) is -0.517. The van der Waals surface area contributed by atoms with E-state index < -0.39 is 5.97 Å². The van der Waals surface area contributed by atoms with Gasteiger partial charge in [-0.3, -0.25) is 9.36 Å². The van der Waals surface area contributed by atoms with E-state index in [0.29, 0.717) is 22.4 Å². The van der Waals surface area contributed by atoms with Gasteiger partial charge in [0, 0.05) is 3.57 Å². The van der Waals surface area contributed by atoms with E-state index in [4.69, 9.17) is 5.11 Å². The van der Waals surface area contributed by atoms with Crippen LogP contribution in [0.15, 0.2) is 47.3 Å². The Bertz CT molecular complexity index is 963. The lowest BCUT2D eigenvalue weighted by Gasteiger charge is -2.11. The van der Waals surface area contributed by atoms with Crippen LogP contribution < -0.4 is 5.56 Å². The molecule has 22 heavy (non-hydrogen) atoms. The van der Waals surface area contributed by atoms with Crippen molar-refractivity contribution >= 4 is 39.5 Å². The minimum absolute atomic E-state index is 0.131. The van der Waals surface area contributed by atoms with E-state index in [1.54, 1.807) is 25.1 Å². The van der Waals surface area contributed by atoms with Gasteiger partial charge in [0.1, 0.15) is 5.82 Å². The Labute approximate surface area is 139 Å². The van der Waals surface area contributed by atoms with Crippen molar-refractivity contribution in [3.63, 3.8) is 0 Å². The van der Waals surface area contributed by atoms with Crippen molar-refractivity contribution in [1.29, 1.82) is 0 Å². The van der Waals surface area contributed by atoms with Gasteiger partial charge in [0.25, 0.3) is 5.56 Å². The highest BCUT2D eigenvalue weighted by atomic mass is 127. The Morgan fingerprint density at radius 2 is 2.00 bits per heavy atom. The van der Waals surface area contributed by atoms with Crippen LogP contribution in [0.3, 0.4) is 0 Å². The zero-order chi connectivity index (χ0) is 15.9. The monoisotopic (exact) mass is 406 g/mol. The first-order chi connectivity index (χ1) is 10.5. The number of hydrogen-bond acceptors (Lipinski definition) is 3. The number of rotatable bonds is 2. The molecule has 0 fully saturated rings. The first-order valence-corrected chi connectivity index (χ1v) is 7.58. The van der Waals surface area contributed by atoms with E-state index in [1.165, 1.54) is 16.7 Å². The van der Waals surface area contributed by atoms with Crippen LogP contribution in [0.2, 0.25) is 0 Å². The molecule has 0 aliphatic heterocycles. The lowest BCUT2D eigenvalue weighted by Crippen LogP contribution is -2.22. The minimum Gasteiger partial charge on any atom is -0.478 e. The largest absolute Gasteiger partial charge is 0.478 e. The van der Waals surface area contributed by atoms with Crippen LogP contribution >= 0.6 is 22.6 Å². The molecule has 0 unspecified atom stereocenters. The molecule has 0 radical (unpaired) electrons. The number of fused-ring (bicyclic) bond motifs is 1. The molecule has 1 heterocycles. The third kappa shape index (κ3) is 2.50. The second kappa shape index (κ2) is 5.53. The quantitative estimate of drug-likeness (QED) is 0.665. The standard InChI is InChI=1S/C16H11IN2O3/c1-9-18-14-6-5-11(17)8-13(14)15(20)19(9)12-4-2-3-10(7-12)16(21)22/h2-8H,1H3,(H,21,22). The fourth-order valence-electron chi connectivity index (χ4n) is 2.35. The zero-order valence-electron chi connectivity index (χ0n) is 11.6. The smallest absolute Gasteiger partial charge is 0.335 e. The van der Waals surface area contributed by atoms with Gasteiger partial charge in [0.15, 0.2) is 0 Å². The number of halogens is 1. The molecule has 6 heteroatoms. The molecular weight excluding hydrogens is 395 g/mol. The maximum Gasteiger partial charge on any atom is 0.335 e. The van der Waals surface area contributed by atoms with Crippen molar-refractivity contribution in [3.8, 4) is 5.69 Å². The number of benzene rings is 2. The molecule has 1 aromatic heterocycles. The summed E-state index contributed by atoms with van der Waals surface area (Å²) in [6.45, 7) is 1.73. The fraction of sp³-hybridized carbons (Fsp3) is 0.0625. The summed E-state index contributed by atoms with van der Waals surface area (Å²) in [4.78, 5) is 28.3. The Kier molecular flexibility index (Phi) is 3.69. The molecule has 0 saturated carbocycles. The van der Waals surface area contributed by atoms with Gasteiger partial charge in [0.05, 0.1) is 22.2 Å². The summed E-state index contributed by atoms with van der Waals surface area (Å²) in [5.41, 5.74) is 1.05. The molecule has 0 bridgehead atoms. The van der Waals surface area contributed by atoms with E-state index >= 15 is 0 Å². The van der Waals surface area contributed by atoms with Crippen molar-refractivity contribution in [3.05, 3.63) is 67.8 Å². The second-order valence-corrected chi connectivity index (χ2v) is 6.06. The predicted molar refractivity (Wildman–Crippen MR) is 91.8 cm³/mol. The number of aromatic carboxylic acids is 1. The van der Waals surface area contributed by atoms with Crippen LogP contribution in [0.5, 0.6) is 0 Å². The van der Waals surface area contributed by atoms with E-state index in [2.05, 4.69) is 27.6 Å². The first kappa shape index (κ1) is 14.7. The lowest BCUT2D eigenvalue weighted by atomic mass is 10.2. The van der Waals surface area contributed by atoms with Crippen LogP contribution in [0.1, 0.15) is 16.2 Å². The molecule has 110 valence electrons. The van der Waals surface area contributed by atoms with E-state index in [9.17, 15) is 9.59 Å². The van der Waals surface area contributed by atoms with Gasteiger partial charge in [-0.25, -0.2) is 9.78 Å². The van der Waals surface area contributed by atoms with E-state index in [0.717, 1.165) is 3.57 Å². The number of carboxylic acid groups (broad SMARTS) is 1. The van der Waals surface area contributed by atoms with Crippen molar-refractivity contribution in [2.45, 2.75) is 6.92 Å². The topological polar surface area (TPSA) is 72.2 Å². The Morgan fingerprint density at radius 1 is 1.23 bits per heavy atom. The summed E-state index contributed by atoms with van der Waals surface area (Å²) >= 11 is 2.14. The van der Waals surface area contributed by atoms with Crippen molar-refractivity contribution in [2.24, 2.45) is 0 Å². The second-order valence-electron chi connectivity index (χ2n) is 4.82. The number of carboxylic acids is 1. The third-order valence-electron chi connectivity index (χ3n) is 3.35. The normalized spacial score (nSPS) is 10.8. The molecule has 1 N–H and O–H groups in total. The average Bonchev–Trinajstić information content (AvgIpc) is 2.48. The van der Waals surface area contributed by atoms with Gasteiger partial charge in [-0.05, 0) is 65.9 Å². The van der Waals surface area contributed by atoms with Gasteiger partial charge in [0.2, 0.25) is 0 Å². The molecule has 3 rings (SSSR count). The Balaban J connectivity index is 2.33. The summed E-state index contributed by atoms with van der Waals surface area (Å²) < 4.78 is 2.38. The van der Waals surface area contributed by atoms with Gasteiger partial charge in [-0.2, -0.15) is 0 Å². The van der Waals surface area contributed by atoms with E-state index in [1.807, 2.05) is 12.1 Å². The lowest BCUT2D eigenvalue weighted by molar-refractivity contribution is 0.0697. The molecule has 0 atom stereocenters. The predicted octanol–water partition coefficient (Wildman–Crippen LogP) is 3.00. The summed E-state index contributed by atoms with van der Waals surface area (Å²) in [7, 11) is 0. The van der Waals surface area contributed by atoms with Crippen LogP contribution in [-0.4, -0.2) is 20.6 Å². The molecule has 0 amide bonds. The summed E-state index contributed by atoms with van der Waals surface area (Å²) in [6, 6.07) is 11.8. The van der Waals surface area contributed by atoms with Crippen molar-refractivity contribution in [2.75, 3.05) is 0 Å². The zero-order valence-corrected chi connectivity index (χ0v) is 13.7. The van der Waals surface area contributed by atoms with Crippen LogP contribution in [0.25, 0.3) is 16.6 Å². The molecule has 2 aromatic carbocycles. The molecule has 0 aliphatic rings. The van der Waals surface area contributed by atoms with Crippen LogP contribution in [0, 0.1) is 10.5 Å². The highest BCUT2D eigenvalue weighted by Crippen LogP contribution is 2.16. The summed E-state index contributed by atoms with van der Waals surface area (Å²) in [6.07, 6.45) is 0. The van der Waals surface area contributed by atoms with Gasteiger partial charge >= 0.3 is 5.97 Å². The minimum atomic E-state index is -1.03. The molecule has 0 spiro atoms. The molecule has 0 aliphatic carbocycles. The van der Waals surface area contributed by atoms with E-state index in [-0.39, 0.29) is 11.1 Å². The van der Waals surface area contributed by atoms with Gasteiger partial charge < -0.3 is 5.11 Å². The Hall–Kier alpha value is -2.22.